The summed E-state index contributed by atoms with van der Waals surface area (Å²) in [6.07, 6.45) is 2.54. The number of pyridine rings is 1. The maximum absolute atomic E-state index is 13.6. The SMILES string of the molecule is C=CC(=O)Nc1ccc(C(=O)Nc2nn(C)c3c2CN(C(=O)N[C@H](CN(C)C)c2ccccc2)C3(C)C)nc1. The normalized spacial score (nSPS) is 14.5. The van der Waals surface area contributed by atoms with E-state index in [9.17, 15) is 14.4 Å². The Labute approximate surface area is 227 Å². The third kappa shape index (κ3) is 5.83. The lowest BCUT2D eigenvalue weighted by Gasteiger charge is -2.34. The Morgan fingerprint density at radius 1 is 1.13 bits per heavy atom. The molecule has 1 atom stereocenters. The van der Waals surface area contributed by atoms with Gasteiger partial charge >= 0.3 is 6.03 Å². The van der Waals surface area contributed by atoms with Crippen molar-refractivity contribution in [2.45, 2.75) is 32.0 Å². The lowest BCUT2D eigenvalue weighted by molar-refractivity contribution is -0.111. The number of amides is 4. The zero-order valence-corrected chi connectivity index (χ0v) is 22.9. The summed E-state index contributed by atoms with van der Waals surface area (Å²) in [5.41, 5.74) is 2.56. The van der Waals surface area contributed by atoms with Crippen LogP contribution in [0.4, 0.5) is 16.3 Å². The fourth-order valence-electron chi connectivity index (χ4n) is 4.87. The fraction of sp³-hybridized carbons (Fsp3) is 0.321. The number of nitrogens with zero attached hydrogens (tertiary/aromatic N) is 5. The summed E-state index contributed by atoms with van der Waals surface area (Å²) in [6.45, 7) is 8.26. The smallest absolute Gasteiger partial charge is 0.319 e. The molecule has 204 valence electrons. The third-order valence-corrected chi connectivity index (χ3v) is 6.69. The molecule has 1 aromatic carbocycles. The number of aromatic nitrogens is 3. The molecular weight excluding hydrogens is 496 g/mol. The monoisotopic (exact) mass is 530 g/mol. The first-order valence-electron chi connectivity index (χ1n) is 12.6. The second kappa shape index (κ2) is 11.1. The van der Waals surface area contributed by atoms with E-state index in [0.29, 0.717) is 18.1 Å². The highest BCUT2D eigenvalue weighted by molar-refractivity contribution is 6.03. The van der Waals surface area contributed by atoms with E-state index in [1.54, 1.807) is 22.7 Å². The predicted molar refractivity (Wildman–Crippen MR) is 149 cm³/mol. The molecule has 0 aliphatic carbocycles. The highest BCUT2D eigenvalue weighted by Gasteiger charge is 2.45. The minimum absolute atomic E-state index is 0.159. The van der Waals surface area contributed by atoms with Gasteiger partial charge in [-0.1, -0.05) is 36.9 Å². The average Bonchev–Trinajstić information content (AvgIpc) is 3.37. The van der Waals surface area contributed by atoms with Gasteiger partial charge in [0.2, 0.25) is 5.91 Å². The summed E-state index contributed by atoms with van der Waals surface area (Å²) in [6, 6.07) is 12.6. The van der Waals surface area contributed by atoms with E-state index in [1.807, 2.05) is 63.2 Å². The van der Waals surface area contributed by atoms with Crippen LogP contribution in [0.25, 0.3) is 0 Å². The van der Waals surface area contributed by atoms with Crippen molar-refractivity contribution in [3.8, 4) is 0 Å². The minimum atomic E-state index is -0.674. The Morgan fingerprint density at radius 2 is 1.85 bits per heavy atom. The van der Waals surface area contributed by atoms with Gasteiger partial charge in [0, 0.05) is 19.2 Å². The highest BCUT2D eigenvalue weighted by Crippen LogP contribution is 2.42. The summed E-state index contributed by atoms with van der Waals surface area (Å²) >= 11 is 0. The van der Waals surface area contributed by atoms with Crippen molar-refractivity contribution in [2.75, 3.05) is 31.3 Å². The standard InChI is InChI=1S/C28H34N8O3/c1-7-23(37)30-19-13-14-21(29-15-19)26(38)32-25-20-16-36(28(2,3)24(20)35(6)33-25)27(39)31-22(17-34(4)5)18-11-9-8-10-12-18/h7-15,22H,1,16-17H2,2-6H3,(H,30,37)(H,31,39)(H,32,33,38)/t22-/m1/s1. The Hall–Kier alpha value is -4.51. The first-order chi connectivity index (χ1) is 18.5. The summed E-state index contributed by atoms with van der Waals surface area (Å²) in [7, 11) is 5.74. The van der Waals surface area contributed by atoms with Crippen molar-refractivity contribution in [1.82, 2.24) is 29.9 Å². The van der Waals surface area contributed by atoms with Gasteiger partial charge < -0.3 is 25.8 Å². The van der Waals surface area contributed by atoms with Crippen molar-refractivity contribution in [3.05, 3.63) is 83.8 Å². The predicted octanol–water partition coefficient (Wildman–Crippen LogP) is 3.26. The first-order valence-corrected chi connectivity index (χ1v) is 12.6. The van der Waals surface area contributed by atoms with Gasteiger partial charge in [-0.3, -0.25) is 14.3 Å². The van der Waals surface area contributed by atoms with Gasteiger partial charge in [-0.15, -0.1) is 0 Å². The number of hydrogen-bond donors (Lipinski definition) is 3. The van der Waals surface area contributed by atoms with Crippen LogP contribution in [0.15, 0.2) is 61.3 Å². The molecule has 11 nitrogen and oxygen atoms in total. The maximum atomic E-state index is 13.6. The van der Waals surface area contributed by atoms with Crippen LogP contribution in [0.5, 0.6) is 0 Å². The molecule has 4 rings (SSSR count). The lowest BCUT2D eigenvalue weighted by Crippen LogP contribution is -2.49. The molecule has 3 N–H and O–H groups in total. The van der Waals surface area contributed by atoms with Crippen molar-refractivity contribution in [3.63, 3.8) is 0 Å². The number of nitrogens with one attached hydrogen (secondary N) is 3. The average molecular weight is 531 g/mol. The highest BCUT2D eigenvalue weighted by atomic mass is 16.2. The molecule has 3 heterocycles. The second-order valence-corrected chi connectivity index (χ2v) is 10.2. The van der Waals surface area contributed by atoms with E-state index in [4.69, 9.17) is 0 Å². The zero-order chi connectivity index (χ0) is 28.3. The van der Waals surface area contributed by atoms with E-state index in [-0.39, 0.29) is 30.2 Å². The Kier molecular flexibility index (Phi) is 7.82. The first kappa shape index (κ1) is 27.5. The molecule has 0 fully saturated rings. The Morgan fingerprint density at radius 3 is 2.46 bits per heavy atom. The van der Waals surface area contributed by atoms with Crippen LogP contribution in [0.1, 0.15) is 47.2 Å². The molecule has 0 spiro atoms. The van der Waals surface area contributed by atoms with Crippen LogP contribution in [-0.2, 0) is 23.9 Å². The molecule has 0 radical (unpaired) electrons. The van der Waals surface area contributed by atoms with E-state index >= 15 is 0 Å². The number of carbonyl (C=O) groups is 3. The summed E-state index contributed by atoms with van der Waals surface area (Å²) in [4.78, 5) is 46.0. The summed E-state index contributed by atoms with van der Waals surface area (Å²) in [5.74, 6) is -0.445. The van der Waals surface area contributed by atoms with Gasteiger partial charge in [-0.05, 0) is 51.7 Å². The number of fused-ring (bicyclic) bond motifs is 1. The van der Waals surface area contributed by atoms with Crippen LogP contribution in [0, 0.1) is 0 Å². The van der Waals surface area contributed by atoms with Crippen molar-refractivity contribution in [2.24, 2.45) is 7.05 Å². The Balaban J connectivity index is 1.52. The van der Waals surface area contributed by atoms with Crippen molar-refractivity contribution in [1.29, 1.82) is 0 Å². The van der Waals surface area contributed by atoms with Crippen LogP contribution >= 0.6 is 0 Å². The molecule has 0 saturated carbocycles. The topological polar surface area (TPSA) is 124 Å². The molecule has 11 heteroatoms. The molecule has 1 aliphatic heterocycles. The number of carbonyl (C=O) groups excluding carboxylic acids is 3. The Bertz CT molecular complexity index is 1380. The third-order valence-electron chi connectivity index (χ3n) is 6.69. The molecule has 2 aromatic heterocycles. The molecule has 3 aromatic rings. The van der Waals surface area contributed by atoms with Crippen LogP contribution < -0.4 is 16.0 Å². The van der Waals surface area contributed by atoms with E-state index in [1.165, 1.54) is 12.3 Å². The molecule has 0 unspecified atom stereocenters. The summed E-state index contributed by atoms with van der Waals surface area (Å²) in [5, 5.41) is 13.2. The molecule has 4 amide bonds. The largest absolute Gasteiger partial charge is 0.330 e. The maximum Gasteiger partial charge on any atom is 0.319 e. The van der Waals surface area contributed by atoms with E-state index in [0.717, 1.165) is 22.9 Å². The molecular formula is C28H34N8O3. The zero-order valence-electron chi connectivity index (χ0n) is 22.9. The number of hydrogen-bond acceptors (Lipinski definition) is 6. The van der Waals surface area contributed by atoms with Gasteiger partial charge in [0.25, 0.3) is 5.91 Å². The van der Waals surface area contributed by atoms with Gasteiger partial charge in [0.15, 0.2) is 5.82 Å². The number of urea groups is 1. The van der Waals surface area contributed by atoms with Gasteiger partial charge in [0.1, 0.15) is 5.69 Å². The number of rotatable bonds is 8. The quantitative estimate of drug-likeness (QED) is 0.384. The molecule has 39 heavy (non-hydrogen) atoms. The molecule has 1 aliphatic rings. The van der Waals surface area contributed by atoms with E-state index < -0.39 is 11.4 Å². The fourth-order valence-corrected chi connectivity index (χ4v) is 4.87. The van der Waals surface area contributed by atoms with Gasteiger partial charge in [-0.2, -0.15) is 5.10 Å². The number of anilines is 2. The number of aryl methyl sites for hydroxylation is 1. The lowest BCUT2D eigenvalue weighted by atomic mass is 10.0. The molecule has 0 bridgehead atoms. The second-order valence-electron chi connectivity index (χ2n) is 10.2. The minimum Gasteiger partial charge on any atom is -0.330 e. The number of benzene rings is 1. The molecule has 0 saturated heterocycles. The summed E-state index contributed by atoms with van der Waals surface area (Å²) < 4.78 is 1.70. The van der Waals surface area contributed by atoms with Crippen LogP contribution in [-0.4, -0.2) is 63.0 Å². The van der Waals surface area contributed by atoms with Crippen molar-refractivity contribution >= 4 is 29.4 Å². The van der Waals surface area contributed by atoms with E-state index in [2.05, 4.69) is 32.6 Å². The van der Waals surface area contributed by atoms with Crippen LogP contribution in [0.3, 0.4) is 0 Å². The number of likely N-dealkylation sites (N-methyl/N-ethyl adjacent to an activating group) is 1. The van der Waals surface area contributed by atoms with Gasteiger partial charge in [-0.25, -0.2) is 9.78 Å². The van der Waals surface area contributed by atoms with Gasteiger partial charge in [0.05, 0.1) is 35.7 Å². The van der Waals surface area contributed by atoms with Crippen LogP contribution in [0.2, 0.25) is 0 Å². The van der Waals surface area contributed by atoms with Crippen molar-refractivity contribution < 1.29 is 14.4 Å².